The number of nitrogens with one attached hydrogen (secondary N) is 2. The second-order valence-corrected chi connectivity index (χ2v) is 6.61. The van der Waals surface area contributed by atoms with Gasteiger partial charge in [0, 0.05) is 6.07 Å². The van der Waals surface area contributed by atoms with Crippen molar-refractivity contribution in [1.82, 2.24) is 10.3 Å². The summed E-state index contributed by atoms with van der Waals surface area (Å²) in [6.45, 7) is 0. The number of rotatable bonds is 6. The van der Waals surface area contributed by atoms with Crippen LogP contribution in [0.3, 0.4) is 0 Å². The molecule has 2 N–H and O–H groups in total. The first-order chi connectivity index (χ1) is 11.4. The summed E-state index contributed by atoms with van der Waals surface area (Å²) in [5.74, 6) is -0.255. The summed E-state index contributed by atoms with van der Waals surface area (Å²) in [4.78, 5) is 13.9. The van der Waals surface area contributed by atoms with E-state index >= 15 is 0 Å². The molecule has 1 amide bonds. The van der Waals surface area contributed by atoms with Crippen LogP contribution in [0.1, 0.15) is 10.4 Å². The maximum absolute atomic E-state index is 12.4. The number of carbonyl (C=O) groups is 1. The average Bonchev–Trinajstić information content (AvgIpc) is 2.59. The van der Waals surface area contributed by atoms with E-state index in [2.05, 4.69) is 5.43 Å². The molecular weight excluding hydrogens is 356 g/mol. The average molecular weight is 371 g/mol. The molecule has 0 bridgehead atoms. The highest BCUT2D eigenvalue weighted by Gasteiger charge is 2.22. The molecule has 0 aliphatic rings. The molecule has 9 heteroatoms. The van der Waals surface area contributed by atoms with Crippen molar-refractivity contribution < 1.29 is 22.7 Å². The fourth-order valence-electron chi connectivity index (χ4n) is 1.88. The van der Waals surface area contributed by atoms with E-state index < -0.39 is 15.9 Å². The van der Waals surface area contributed by atoms with Gasteiger partial charge in [0.25, 0.3) is 15.9 Å². The number of sulfonamides is 1. The van der Waals surface area contributed by atoms with Gasteiger partial charge in [0.1, 0.15) is 16.4 Å². The Morgan fingerprint density at radius 1 is 1.08 bits per heavy atom. The number of benzene rings is 2. The quantitative estimate of drug-likeness (QED) is 0.758. The molecule has 7 nitrogen and oxygen atoms in total. The van der Waals surface area contributed by atoms with Crippen LogP contribution in [0.4, 0.5) is 0 Å². The fraction of sp³-hybridized carbons (Fsp3) is 0.133. The van der Waals surface area contributed by atoms with Gasteiger partial charge in [-0.15, -0.1) is 4.83 Å². The molecule has 0 heterocycles. The van der Waals surface area contributed by atoms with Gasteiger partial charge in [-0.25, -0.2) is 8.42 Å². The molecule has 0 saturated carbocycles. The molecule has 0 unspecified atom stereocenters. The standard InChI is InChI=1S/C15H15ClN2O5S/c1-22-10-7-8-13(23-2)14(9-10)24(20,21)18-17-15(19)11-5-3-4-6-12(11)16/h3-9,18H,1-2H3,(H,17,19). The number of hydrazine groups is 1. The van der Waals surface area contributed by atoms with Crippen molar-refractivity contribution in [2.45, 2.75) is 4.90 Å². The summed E-state index contributed by atoms with van der Waals surface area (Å²) in [6, 6.07) is 10.5. The third-order valence-corrected chi connectivity index (χ3v) is 4.68. The maximum atomic E-state index is 12.4. The van der Waals surface area contributed by atoms with Crippen molar-refractivity contribution in [3.63, 3.8) is 0 Å². The minimum Gasteiger partial charge on any atom is -0.497 e. The fourth-order valence-corrected chi connectivity index (χ4v) is 3.12. The molecule has 2 rings (SSSR count). The Kier molecular flexibility index (Phi) is 5.66. The maximum Gasteiger partial charge on any atom is 0.267 e. The molecule has 0 aliphatic carbocycles. The summed E-state index contributed by atoms with van der Waals surface area (Å²) in [7, 11) is -1.34. The molecule has 2 aromatic carbocycles. The number of ether oxygens (including phenoxy) is 2. The number of hydrogen-bond acceptors (Lipinski definition) is 5. The van der Waals surface area contributed by atoms with E-state index in [1.807, 2.05) is 4.83 Å². The van der Waals surface area contributed by atoms with Crippen molar-refractivity contribution in [2.24, 2.45) is 0 Å². The topological polar surface area (TPSA) is 93.7 Å². The van der Waals surface area contributed by atoms with Gasteiger partial charge < -0.3 is 9.47 Å². The van der Waals surface area contributed by atoms with Crippen molar-refractivity contribution >= 4 is 27.5 Å². The van der Waals surface area contributed by atoms with E-state index in [-0.39, 0.29) is 21.2 Å². The second-order valence-electron chi connectivity index (χ2n) is 4.56. The molecule has 0 aliphatic heterocycles. The molecule has 24 heavy (non-hydrogen) atoms. The highest BCUT2D eigenvalue weighted by Crippen LogP contribution is 2.27. The molecule has 0 saturated heterocycles. The lowest BCUT2D eigenvalue weighted by Crippen LogP contribution is -2.41. The first-order valence-electron chi connectivity index (χ1n) is 6.67. The predicted molar refractivity (Wildman–Crippen MR) is 88.8 cm³/mol. The lowest BCUT2D eigenvalue weighted by atomic mass is 10.2. The van der Waals surface area contributed by atoms with Gasteiger partial charge in [0.2, 0.25) is 0 Å². The second kappa shape index (κ2) is 7.52. The zero-order chi connectivity index (χ0) is 17.7. The van der Waals surface area contributed by atoms with Gasteiger partial charge in [0.15, 0.2) is 0 Å². The van der Waals surface area contributed by atoms with E-state index in [1.165, 1.54) is 38.5 Å². The normalized spacial score (nSPS) is 11.0. The van der Waals surface area contributed by atoms with E-state index in [0.29, 0.717) is 5.75 Å². The minimum absolute atomic E-state index is 0.107. The smallest absolute Gasteiger partial charge is 0.267 e. The van der Waals surface area contributed by atoms with Crippen LogP contribution in [0, 0.1) is 0 Å². The largest absolute Gasteiger partial charge is 0.497 e. The van der Waals surface area contributed by atoms with Crippen LogP contribution < -0.4 is 19.7 Å². The van der Waals surface area contributed by atoms with Crippen LogP contribution in [0.5, 0.6) is 11.5 Å². The van der Waals surface area contributed by atoms with Crippen LogP contribution in [-0.2, 0) is 10.0 Å². The highest BCUT2D eigenvalue weighted by molar-refractivity contribution is 7.89. The Morgan fingerprint density at radius 3 is 2.42 bits per heavy atom. The summed E-state index contributed by atoms with van der Waals surface area (Å²) in [5, 5.41) is 0.202. The number of halogens is 1. The number of hydrogen-bond donors (Lipinski definition) is 2. The van der Waals surface area contributed by atoms with Crippen molar-refractivity contribution in [3.05, 3.63) is 53.1 Å². The molecule has 0 radical (unpaired) electrons. The number of methoxy groups -OCH3 is 2. The van der Waals surface area contributed by atoms with Crippen molar-refractivity contribution in [1.29, 1.82) is 0 Å². The summed E-state index contributed by atoms with van der Waals surface area (Å²) in [5.41, 5.74) is 2.25. The molecule has 2 aromatic rings. The molecular formula is C15H15ClN2O5S. The van der Waals surface area contributed by atoms with Crippen LogP contribution >= 0.6 is 11.6 Å². The SMILES string of the molecule is COc1ccc(OC)c(S(=O)(=O)NNC(=O)c2ccccc2Cl)c1. The lowest BCUT2D eigenvalue weighted by Gasteiger charge is -2.13. The van der Waals surface area contributed by atoms with Gasteiger partial charge in [0.05, 0.1) is 24.8 Å². The van der Waals surface area contributed by atoms with E-state index in [9.17, 15) is 13.2 Å². The van der Waals surface area contributed by atoms with Gasteiger partial charge in [-0.2, -0.15) is 0 Å². The zero-order valence-electron chi connectivity index (χ0n) is 12.9. The molecule has 0 atom stereocenters. The van der Waals surface area contributed by atoms with Crippen molar-refractivity contribution in [3.8, 4) is 11.5 Å². The van der Waals surface area contributed by atoms with Crippen LogP contribution in [0.2, 0.25) is 5.02 Å². The van der Waals surface area contributed by atoms with Crippen LogP contribution in [0.25, 0.3) is 0 Å². The third kappa shape index (κ3) is 3.97. The molecule has 0 aromatic heterocycles. The van der Waals surface area contributed by atoms with Crippen LogP contribution in [0.15, 0.2) is 47.4 Å². The lowest BCUT2D eigenvalue weighted by molar-refractivity contribution is 0.0945. The zero-order valence-corrected chi connectivity index (χ0v) is 14.4. The summed E-state index contributed by atoms with van der Waals surface area (Å²) in [6.07, 6.45) is 0. The number of amides is 1. The number of carbonyl (C=O) groups excluding carboxylic acids is 1. The van der Waals surface area contributed by atoms with Crippen molar-refractivity contribution in [2.75, 3.05) is 14.2 Å². The van der Waals surface area contributed by atoms with Gasteiger partial charge in [-0.3, -0.25) is 10.2 Å². The predicted octanol–water partition coefficient (Wildman–Crippen LogP) is 1.98. The Hall–Kier alpha value is -2.29. The first-order valence-corrected chi connectivity index (χ1v) is 8.54. The molecule has 128 valence electrons. The van der Waals surface area contributed by atoms with Crippen LogP contribution in [-0.4, -0.2) is 28.5 Å². The minimum atomic E-state index is -4.08. The third-order valence-electron chi connectivity index (χ3n) is 3.08. The first kappa shape index (κ1) is 18.1. The highest BCUT2D eigenvalue weighted by atomic mass is 35.5. The van der Waals surface area contributed by atoms with E-state index in [4.69, 9.17) is 21.1 Å². The Balaban J connectivity index is 2.23. The van der Waals surface area contributed by atoms with E-state index in [0.717, 1.165) is 0 Å². The Labute approximate surface area is 144 Å². The Bertz CT molecular complexity index is 855. The monoisotopic (exact) mass is 370 g/mol. The van der Waals surface area contributed by atoms with E-state index in [1.54, 1.807) is 18.2 Å². The summed E-state index contributed by atoms with van der Waals surface area (Å²) >= 11 is 5.90. The Morgan fingerprint density at radius 2 is 1.79 bits per heavy atom. The molecule has 0 spiro atoms. The van der Waals surface area contributed by atoms with Gasteiger partial charge in [-0.05, 0) is 24.3 Å². The van der Waals surface area contributed by atoms with Gasteiger partial charge in [-0.1, -0.05) is 23.7 Å². The van der Waals surface area contributed by atoms with Gasteiger partial charge >= 0.3 is 0 Å². The summed E-state index contributed by atoms with van der Waals surface area (Å²) < 4.78 is 34.9. The molecule has 0 fully saturated rings.